The largest absolute Gasteiger partial charge is 0.487 e. The molecule has 0 bridgehead atoms. The summed E-state index contributed by atoms with van der Waals surface area (Å²) in [6, 6.07) is 6.76. The predicted octanol–water partition coefficient (Wildman–Crippen LogP) is 2.58. The first-order valence-electron chi connectivity index (χ1n) is 8.24. The predicted molar refractivity (Wildman–Crippen MR) is 87.1 cm³/mol. The summed E-state index contributed by atoms with van der Waals surface area (Å²) in [7, 11) is 2.21. The summed E-state index contributed by atoms with van der Waals surface area (Å²) >= 11 is 0. The van der Waals surface area contributed by atoms with Crippen molar-refractivity contribution in [2.75, 3.05) is 39.8 Å². The van der Waals surface area contributed by atoms with E-state index < -0.39 is 0 Å². The Labute approximate surface area is 128 Å². The Morgan fingerprint density at radius 2 is 1.90 bits per heavy atom. The maximum atomic E-state index is 5.95. The molecule has 0 atom stereocenters. The number of likely N-dealkylation sites (N-methyl/N-ethyl adjacent to an activating group) is 1. The first-order valence-corrected chi connectivity index (χ1v) is 8.24. The normalized spacial score (nSPS) is 22.0. The molecule has 0 radical (unpaired) electrons. The number of piperazine rings is 1. The third-order valence-corrected chi connectivity index (χ3v) is 4.66. The molecular weight excluding hydrogens is 260 g/mol. The zero-order valence-electron chi connectivity index (χ0n) is 13.7. The fraction of sp³-hybridized carbons (Fsp3) is 0.667. The van der Waals surface area contributed by atoms with Gasteiger partial charge in [0.05, 0.1) is 0 Å². The van der Waals surface area contributed by atoms with Crippen molar-refractivity contribution >= 4 is 0 Å². The molecule has 3 nitrogen and oxygen atoms in total. The van der Waals surface area contributed by atoms with Crippen molar-refractivity contribution < 1.29 is 4.74 Å². The molecule has 1 fully saturated rings. The lowest BCUT2D eigenvalue weighted by Gasteiger charge is -2.32. The highest BCUT2D eigenvalue weighted by Crippen LogP contribution is 2.35. The molecule has 116 valence electrons. The Kier molecular flexibility index (Phi) is 4.23. The van der Waals surface area contributed by atoms with Crippen LogP contribution in [0.15, 0.2) is 18.2 Å². The Morgan fingerprint density at radius 1 is 1.14 bits per heavy atom. The molecule has 0 aromatic heterocycles. The van der Waals surface area contributed by atoms with Crippen LogP contribution in [0.25, 0.3) is 0 Å². The monoisotopic (exact) mass is 288 g/mol. The molecule has 0 N–H and O–H groups in total. The fourth-order valence-electron chi connectivity index (χ4n) is 3.40. The second-order valence-corrected chi connectivity index (χ2v) is 7.23. The number of aryl methyl sites for hydroxylation is 1. The number of rotatable bonds is 4. The van der Waals surface area contributed by atoms with Gasteiger partial charge in [0, 0.05) is 32.6 Å². The van der Waals surface area contributed by atoms with E-state index in [9.17, 15) is 0 Å². The van der Waals surface area contributed by atoms with Gasteiger partial charge in [-0.2, -0.15) is 0 Å². The van der Waals surface area contributed by atoms with E-state index in [0.29, 0.717) is 0 Å². The van der Waals surface area contributed by atoms with Crippen molar-refractivity contribution in [2.24, 2.45) is 0 Å². The van der Waals surface area contributed by atoms with Crippen molar-refractivity contribution in [1.29, 1.82) is 0 Å². The van der Waals surface area contributed by atoms with Gasteiger partial charge in [0.1, 0.15) is 11.4 Å². The van der Waals surface area contributed by atoms with Crippen LogP contribution in [0.2, 0.25) is 0 Å². The van der Waals surface area contributed by atoms with Gasteiger partial charge in [0.15, 0.2) is 0 Å². The van der Waals surface area contributed by atoms with E-state index in [1.165, 1.54) is 56.7 Å². The molecule has 2 aliphatic heterocycles. The molecule has 0 aliphatic carbocycles. The quantitative estimate of drug-likeness (QED) is 0.847. The highest BCUT2D eigenvalue weighted by Gasteiger charge is 2.29. The molecule has 0 spiro atoms. The molecule has 1 saturated heterocycles. The van der Waals surface area contributed by atoms with Crippen LogP contribution in [0.1, 0.15) is 31.4 Å². The van der Waals surface area contributed by atoms with Crippen LogP contribution in [-0.2, 0) is 12.8 Å². The van der Waals surface area contributed by atoms with Crippen LogP contribution in [0, 0.1) is 0 Å². The molecule has 1 aromatic carbocycles. The van der Waals surface area contributed by atoms with Gasteiger partial charge in [-0.3, -0.25) is 0 Å². The number of benzene rings is 1. The fourth-order valence-corrected chi connectivity index (χ4v) is 3.40. The second-order valence-electron chi connectivity index (χ2n) is 7.23. The Bertz CT molecular complexity index is 490. The maximum Gasteiger partial charge on any atom is 0.123 e. The topological polar surface area (TPSA) is 15.7 Å². The standard InChI is InChI=1S/C18H28N2O/c1-18(2)14-16-13-15(6-7-17(16)21-18)5-4-8-20-11-9-19(3)10-12-20/h6-7,13H,4-5,8-12,14H2,1-3H3. The Morgan fingerprint density at radius 3 is 2.67 bits per heavy atom. The summed E-state index contributed by atoms with van der Waals surface area (Å²) in [6.45, 7) is 10.4. The van der Waals surface area contributed by atoms with E-state index in [1.54, 1.807) is 0 Å². The van der Waals surface area contributed by atoms with Crippen LogP contribution in [-0.4, -0.2) is 55.2 Å². The molecule has 0 unspecified atom stereocenters. The molecule has 3 rings (SSSR count). The number of nitrogens with zero attached hydrogens (tertiary/aromatic N) is 2. The van der Waals surface area contributed by atoms with Crippen LogP contribution in [0.5, 0.6) is 5.75 Å². The SMILES string of the molecule is CN1CCN(CCCc2ccc3c(c2)CC(C)(C)O3)CC1. The average Bonchev–Trinajstić information content (AvgIpc) is 2.74. The van der Waals surface area contributed by atoms with E-state index in [-0.39, 0.29) is 5.60 Å². The zero-order chi connectivity index (χ0) is 14.9. The van der Waals surface area contributed by atoms with E-state index >= 15 is 0 Å². The summed E-state index contributed by atoms with van der Waals surface area (Å²) < 4.78 is 5.95. The van der Waals surface area contributed by atoms with Crippen molar-refractivity contribution in [1.82, 2.24) is 9.80 Å². The van der Waals surface area contributed by atoms with Gasteiger partial charge < -0.3 is 14.5 Å². The molecule has 0 saturated carbocycles. The lowest BCUT2D eigenvalue weighted by atomic mass is 9.99. The third kappa shape index (κ3) is 3.78. The molecule has 21 heavy (non-hydrogen) atoms. The summed E-state index contributed by atoms with van der Waals surface area (Å²) in [5, 5.41) is 0. The minimum Gasteiger partial charge on any atom is -0.487 e. The highest BCUT2D eigenvalue weighted by atomic mass is 16.5. The first kappa shape index (κ1) is 14.9. The maximum absolute atomic E-state index is 5.95. The van der Waals surface area contributed by atoms with Gasteiger partial charge in [0.25, 0.3) is 0 Å². The molecule has 2 heterocycles. The van der Waals surface area contributed by atoms with E-state index in [4.69, 9.17) is 4.74 Å². The van der Waals surface area contributed by atoms with Gasteiger partial charge in [-0.15, -0.1) is 0 Å². The highest BCUT2D eigenvalue weighted by molar-refractivity contribution is 5.41. The van der Waals surface area contributed by atoms with Crippen molar-refractivity contribution in [3.63, 3.8) is 0 Å². The first-order chi connectivity index (χ1) is 10.0. The van der Waals surface area contributed by atoms with E-state index in [2.05, 4.69) is 48.9 Å². The number of ether oxygens (including phenoxy) is 1. The minimum absolute atomic E-state index is 0.0270. The minimum atomic E-state index is -0.0270. The third-order valence-electron chi connectivity index (χ3n) is 4.66. The van der Waals surface area contributed by atoms with Gasteiger partial charge in [-0.05, 0) is 57.5 Å². The molecule has 0 amide bonds. The van der Waals surface area contributed by atoms with Gasteiger partial charge >= 0.3 is 0 Å². The van der Waals surface area contributed by atoms with Crippen molar-refractivity contribution in [3.8, 4) is 5.75 Å². The Hall–Kier alpha value is -1.06. The van der Waals surface area contributed by atoms with Crippen molar-refractivity contribution in [3.05, 3.63) is 29.3 Å². The number of hydrogen-bond donors (Lipinski definition) is 0. The number of hydrogen-bond acceptors (Lipinski definition) is 3. The smallest absolute Gasteiger partial charge is 0.123 e. The average molecular weight is 288 g/mol. The summed E-state index contributed by atoms with van der Waals surface area (Å²) in [5.74, 6) is 1.09. The summed E-state index contributed by atoms with van der Waals surface area (Å²) in [6.07, 6.45) is 3.47. The lowest BCUT2D eigenvalue weighted by Crippen LogP contribution is -2.44. The zero-order valence-corrected chi connectivity index (χ0v) is 13.7. The summed E-state index contributed by atoms with van der Waals surface area (Å²) in [4.78, 5) is 5.01. The molecule has 3 heteroatoms. The second kappa shape index (κ2) is 5.98. The van der Waals surface area contributed by atoms with Gasteiger partial charge in [-0.25, -0.2) is 0 Å². The summed E-state index contributed by atoms with van der Waals surface area (Å²) in [5.41, 5.74) is 2.82. The molecular formula is C18H28N2O. The molecule has 2 aliphatic rings. The van der Waals surface area contributed by atoms with Crippen LogP contribution in [0.4, 0.5) is 0 Å². The molecule has 1 aromatic rings. The van der Waals surface area contributed by atoms with Gasteiger partial charge in [-0.1, -0.05) is 12.1 Å². The number of fused-ring (bicyclic) bond motifs is 1. The van der Waals surface area contributed by atoms with Crippen LogP contribution < -0.4 is 4.74 Å². The van der Waals surface area contributed by atoms with Crippen LogP contribution in [0.3, 0.4) is 0 Å². The van der Waals surface area contributed by atoms with E-state index in [1.807, 2.05) is 0 Å². The lowest BCUT2D eigenvalue weighted by molar-refractivity contribution is 0.138. The van der Waals surface area contributed by atoms with E-state index in [0.717, 1.165) is 12.2 Å². The van der Waals surface area contributed by atoms with Crippen molar-refractivity contribution in [2.45, 2.75) is 38.7 Å². The van der Waals surface area contributed by atoms with Gasteiger partial charge in [0.2, 0.25) is 0 Å². The Balaban J connectivity index is 1.48. The van der Waals surface area contributed by atoms with Crippen LogP contribution >= 0.6 is 0 Å².